The van der Waals surface area contributed by atoms with Crippen molar-refractivity contribution in [2.24, 2.45) is 0 Å². The van der Waals surface area contributed by atoms with Gasteiger partial charge in [0.05, 0.1) is 10.9 Å². The molecule has 0 radical (unpaired) electrons. The summed E-state index contributed by atoms with van der Waals surface area (Å²) in [6.45, 7) is 1.87. The highest BCUT2D eigenvalue weighted by Gasteiger charge is 2.21. The van der Waals surface area contributed by atoms with Crippen molar-refractivity contribution in [3.8, 4) is 11.4 Å². The van der Waals surface area contributed by atoms with Gasteiger partial charge >= 0.3 is 0 Å². The van der Waals surface area contributed by atoms with Crippen LogP contribution in [0.4, 0.5) is 4.39 Å². The van der Waals surface area contributed by atoms with Gasteiger partial charge < -0.3 is 9.84 Å². The van der Waals surface area contributed by atoms with Gasteiger partial charge in [-0.05, 0) is 37.6 Å². The first kappa shape index (κ1) is 12.6. The van der Waals surface area contributed by atoms with Crippen LogP contribution >= 0.6 is 11.6 Å². The van der Waals surface area contributed by atoms with Crippen LogP contribution < -0.4 is 5.32 Å². The Kier molecular flexibility index (Phi) is 3.48. The van der Waals surface area contributed by atoms with E-state index in [9.17, 15) is 4.39 Å². The molecule has 1 N–H and O–H groups in total. The van der Waals surface area contributed by atoms with Crippen LogP contribution in [-0.2, 0) is 0 Å². The predicted octanol–water partition coefficient (Wildman–Crippen LogP) is 3.00. The Hall–Kier alpha value is -1.46. The SMILES string of the molecule is Fc1cc(-c2noc([C@H]3CCCNC3)n2)ccc1Cl. The third-order valence-corrected chi connectivity index (χ3v) is 3.57. The number of rotatable bonds is 2. The minimum absolute atomic E-state index is 0.0870. The molecule has 3 rings (SSSR count). The normalized spacial score (nSPS) is 19.6. The number of nitrogens with one attached hydrogen (secondary N) is 1. The Bertz CT molecular complexity index is 581. The summed E-state index contributed by atoms with van der Waals surface area (Å²) in [5.41, 5.74) is 0.570. The summed E-state index contributed by atoms with van der Waals surface area (Å²) in [4.78, 5) is 4.35. The summed E-state index contributed by atoms with van der Waals surface area (Å²) < 4.78 is 18.7. The van der Waals surface area contributed by atoms with Gasteiger partial charge in [0, 0.05) is 12.1 Å². The van der Waals surface area contributed by atoms with Gasteiger partial charge in [0.1, 0.15) is 5.82 Å². The molecular formula is C13H13ClFN3O. The Morgan fingerprint density at radius 2 is 2.32 bits per heavy atom. The molecule has 1 fully saturated rings. The smallest absolute Gasteiger partial charge is 0.231 e. The first-order valence-electron chi connectivity index (χ1n) is 6.24. The van der Waals surface area contributed by atoms with Gasteiger partial charge in [-0.25, -0.2) is 4.39 Å². The van der Waals surface area contributed by atoms with Crippen molar-refractivity contribution < 1.29 is 8.91 Å². The van der Waals surface area contributed by atoms with E-state index in [1.807, 2.05) is 0 Å². The molecule has 19 heavy (non-hydrogen) atoms. The second kappa shape index (κ2) is 5.27. The van der Waals surface area contributed by atoms with Crippen molar-refractivity contribution in [3.63, 3.8) is 0 Å². The number of piperidine rings is 1. The molecule has 0 unspecified atom stereocenters. The van der Waals surface area contributed by atoms with E-state index >= 15 is 0 Å². The summed E-state index contributed by atoms with van der Waals surface area (Å²) in [6.07, 6.45) is 2.13. The first-order chi connectivity index (χ1) is 9.24. The molecule has 1 atom stereocenters. The summed E-state index contributed by atoms with van der Waals surface area (Å²) in [7, 11) is 0. The number of hydrogen-bond donors (Lipinski definition) is 1. The molecule has 0 bridgehead atoms. The maximum Gasteiger partial charge on any atom is 0.231 e. The topological polar surface area (TPSA) is 51.0 Å². The maximum absolute atomic E-state index is 13.4. The fourth-order valence-corrected chi connectivity index (χ4v) is 2.33. The fraction of sp³-hybridized carbons (Fsp3) is 0.385. The van der Waals surface area contributed by atoms with E-state index in [1.165, 1.54) is 12.1 Å². The minimum Gasteiger partial charge on any atom is -0.339 e. The summed E-state index contributed by atoms with van der Waals surface area (Å²) in [5, 5.41) is 7.29. The lowest BCUT2D eigenvalue weighted by Gasteiger charge is -2.18. The number of halogens is 2. The molecule has 100 valence electrons. The Labute approximate surface area is 115 Å². The first-order valence-corrected chi connectivity index (χ1v) is 6.61. The van der Waals surface area contributed by atoms with Gasteiger partial charge in [0.25, 0.3) is 0 Å². The van der Waals surface area contributed by atoms with Gasteiger partial charge in [-0.1, -0.05) is 16.8 Å². The van der Waals surface area contributed by atoms with E-state index in [4.69, 9.17) is 16.1 Å². The zero-order valence-electron chi connectivity index (χ0n) is 10.2. The lowest BCUT2D eigenvalue weighted by Crippen LogP contribution is -2.28. The third-order valence-electron chi connectivity index (χ3n) is 3.27. The monoisotopic (exact) mass is 281 g/mol. The van der Waals surface area contributed by atoms with Crippen LogP contribution in [0.25, 0.3) is 11.4 Å². The van der Waals surface area contributed by atoms with Gasteiger partial charge in [-0.2, -0.15) is 4.98 Å². The Morgan fingerprint density at radius 1 is 1.42 bits per heavy atom. The van der Waals surface area contributed by atoms with Crippen molar-refractivity contribution in [2.75, 3.05) is 13.1 Å². The molecule has 2 heterocycles. The maximum atomic E-state index is 13.4. The molecule has 4 nitrogen and oxygen atoms in total. The van der Waals surface area contributed by atoms with Gasteiger partial charge in [0.2, 0.25) is 11.7 Å². The number of benzene rings is 1. The second-order valence-corrected chi connectivity index (χ2v) is 5.04. The van der Waals surface area contributed by atoms with Crippen molar-refractivity contribution in [1.29, 1.82) is 0 Å². The quantitative estimate of drug-likeness (QED) is 0.919. The van der Waals surface area contributed by atoms with Crippen molar-refractivity contribution in [2.45, 2.75) is 18.8 Å². The fourth-order valence-electron chi connectivity index (χ4n) is 2.22. The van der Waals surface area contributed by atoms with Crippen molar-refractivity contribution >= 4 is 11.6 Å². The molecule has 6 heteroatoms. The minimum atomic E-state index is -0.482. The van der Waals surface area contributed by atoms with Crippen LogP contribution in [0.15, 0.2) is 22.7 Å². The molecule has 1 saturated heterocycles. The van der Waals surface area contributed by atoms with E-state index in [-0.39, 0.29) is 10.9 Å². The van der Waals surface area contributed by atoms with Crippen molar-refractivity contribution in [3.05, 3.63) is 34.9 Å². The van der Waals surface area contributed by atoms with E-state index in [0.717, 1.165) is 25.9 Å². The van der Waals surface area contributed by atoms with Crippen LogP contribution in [0.2, 0.25) is 5.02 Å². The zero-order chi connectivity index (χ0) is 13.2. The van der Waals surface area contributed by atoms with Crippen LogP contribution in [0.3, 0.4) is 0 Å². The number of nitrogens with zero attached hydrogens (tertiary/aromatic N) is 2. The van der Waals surface area contributed by atoms with E-state index in [1.54, 1.807) is 6.07 Å². The summed E-state index contributed by atoms with van der Waals surface area (Å²) in [6, 6.07) is 4.49. The highest BCUT2D eigenvalue weighted by Crippen LogP contribution is 2.26. The second-order valence-electron chi connectivity index (χ2n) is 4.63. The predicted molar refractivity (Wildman–Crippen MR) is 69.5 cm³/mol. The standard InChI is InChI=1S/C13H13ClFN3O/c14-10-4-3-8(6-11(10)15)12-17-13(19-18-12)9-2-1-5-16-7-9/h3-4,6,9,16H,1-2,5,7H2/t9-/m0/s1. The average Bonchev–Trinajstić information content (AvgIpc) is 2.93. The molecule has 0 aliphatic carbocycles. The van der Waals surface area contributed by atoms with Crippen LogP contribution in [0.5, 0.6) is 0 Å². The molecule has 0 spiro atoms. The lowest BCUT2D eigenvalue weighted by molar-refractivity contribution is 0.322. The van der Waals surface area contributed by atoms with E-state index < -0.39 is 5.82 Å². The molecule has 1 aliphatic heterocycles. The Morgan fingerprint density at radius 3 is 3.05 bits per heavy atom. The summed E-state index contributed by atoms with van der Waals surface area (Å²) in [5.74, 6) is 0.769. The van der Waals surface area contributed by atoms with E-state index in [0.29, 0.717) is 17.3 Å². The summed E-state index contributed by atoms with van der Waals surface area (Å²) >= 11 is 5.65. The number of hydrogen-bond acceptors (Lipinski definition) is 4. The molecule has 2 aromatic rings. The molecule has 1 aliphatic rings. The van der Waals surface area contributed by atoms with E-state index in [2.05, 4.69) is 15.5 Å². The van der Waals surface area contributed by atoms with Gasteiger partial charge in [-0.3, -0.25) is 0 Å². The van der Waals surface area contributed by atoms with Crippen LogP contribution in [0, 0.1) is 5.82 Å². The molecule has 0 saturated carbocycles. The third kappa shape index (κ3) is 2.62. The largest absolute Gasteiger partial charge is 0.339 e. The average molecular weight is 282 g/mol. The molecule has 1 aromatic heterocycles. The van der Waals surface area contributed by atoms with Crippen LogP contribution in [0.1, 0.15) is 24.7 Å². The van der Waals surface area contributed by atoms with Gasteiger partial charge in [0.15, 0.2) is 0 Å². The zero-order valence-corrected chi connectivity index (χ0v) is 11.0. The molecule has 0 amide bonds. The van der Waals surface area contributed by atoms with Crippen molar-refractivity contribution in [1.82, 2.24) is 15.5 Å². The highest BCUT2D eigenvalue weighted by molar-refractivity contribution is 6.30. The lowest BCUT2D eigenvalue weighted by atomic mass is 10.00. The highest BCUT2D eigenvalue weighted by atomic mass is 35.5. The molecular weight excluding hydrogens is 269 g/mol. The molecule has 1 aromatic carbocycles. The Balaban J connectivity index is 1.85. The van der Waals surface area contributed by atoms with Gasteiger partial charge in [-0.15, -0.1) is 0 Å². The van der Waals surface area contributed by atoms with Crippen LogP contribution in [-0.4, -0.2) is 23.2 Å². The number of aromatic nitrogens is 2.